The van der Waals surface area contributed by atoms with Crippen LogP contribution in [0.1, 0.15) is 26.7 Å². The van der Waals surface area contributed by atoms with Gasteiger partial charge in [0.05, 0.1) is 12.0 Å². The molecular weight excluding hydrogens is 316 g/mol. The third-order valence-electron chi connectivity index (χ3n) is 4.00. The molecule has 0 atom stereocenters. The molecule has 5 nitrogen and oxygen atoms in total. The fraction of sp³-hybridized carbons (Fsp3) is 0.588. The van der Waals surface area contributed by atoms with Gasteiger partial charge in [-0.15, -0.1) is 12.4 Å². The Kier molecular flexibility index (Phi) is 7.82. The molecule has 0 aromatic heterocycles. The second-order valence-electron chi connectivity index (χ2n) is 6.28. The molecule has 0 aliphatic carbocycles. The van der Waals surface area contributed by atoms with Crippen LogP contribution in [0, 0.1) is 11.3 Å². The van der Waals surface area contributed by atoms with E-state index in [1.54, 1.807) is 0 Å². The molecule has 0 radical (unpaired) electrons. The topological polar surface area (TPSA) is 73.6 Å². The number of hydrogen-bond acceptors (Lipinski definition) is 4. The van der Waals surface area contributed by atoms with E-state index in [2.05, 4.69) is 19.2 Å². The Labute approximate surface area is 144 Å². The zero-order valence-electron chi connectivity index (χ0n) is 13.8. The predicted molar refractivity (Wildman–Crippen MR) is 94.2 cm³/mol. The number of anilines is 1. The van der Waals surface area contributed by atoms with E-state index >= 15 is 0 Å². The van der Waals surface area contributed by atoms with E-state index in [1.807, 2.05) is 24.3 Å². The maximum Gasteiger partial charge on any atom is 0.232 e. The molecule has 130 valence electrons. The van der Waals surface area contributed by atoms with Crippen LogP contribution in [0.3, 0.4) is 0 Å². The van der Waals surface area contributed by atoms with Gasteiger partial charge in [-0.25, -0.2) is 0 Å². The molecule has 0 bridgehead atoms. The zero-order valence-corrected chi connectivity index (χ0v) is 14.7. The van der Waals surface area contributed by atoms with Crippen LogP contribution in [-0.2, 0) is 9.53 Å². The van der Waals surface area contributed by atoms with Crippen molar-refractivity contribution in [1.82, 2.24) is 0 Å². The van der Waals surface area contributed by atoms with Gasteiger partial charge >= 0.3 is 0 Å². The summed E-state index contributed by atoms with van der Waals surface area (Å²) >= 11 is 0. The summed E-state index contributed by atoms with van der Waals surface area (Å²) in [6.07, 6.45) is 1.33. The van der Waals surface area contributed by atoms with Crippen molar-refractivity contribution < 1.29 is 14.3 Å². The number of carbonyl (C=O) groups excluding carboxylic acids is 1. The van der Waals surface area contributed by atoms with Gasteiger partial charge in [-0.1, -0.05) is 19.9 Å². The number of hydrogen-bond donors (Lipinski definition) is 2. The molecule has 1 aromatic carbocycles. The van der Waals surface area contributed by atoms with Gasteiger partial charge in [0.2, 0.25) is 5.91 Å². The molecule has 0 spiro atoms. The molecule has 1 saturated heterocycles. The van der Waals surface area contributed by atoms with Crippen molar-refractivity contribution in [3.63, 3.8) is 0 Å². The Balaban J connectivity index is 0.00000264. The fourth-order valence-electron chi connectivity index (χ4n) is 2.48. The lowest BCUT2D eigenvalue weighted by Gasteiger charge is -2.34. The normalized spacial score (nSPS) is 16.5. The molecule has 1 fully saturated rings. The molecule has 1 aliphatic heterocycles. The van der Waals surface area contributed by atoms with Crippen LogP contribution < -0.4 is 15.8 Å². The molecule has 3 N–H and O–H groups in total. The largest absolute Gasteiger partial charge is 0.493 e. The molecule has 2 rings (SSSR count). The summed E-state index contributed by atoms with van der Waals surface area (Å²) in [5, 5.41) is 2.98. The molecule has 1 aliphatic rings. The summed E-state index contributed by atoms with van der Waals surface area (Å²) < 4.78 is 11.0. The highest BCUT2D eigenvalue weighted by Crippen LogP contribution is 2.31. The van der Waals surface area contributed by atoms with Crippen LogP contribution in [0.15, 0.2) is 24.3 Å². The average Bonchev–Trinajstić information content (AvgIpc) is 2.54. The smallest absolute Gasteiger partial charge is 0.232 e. The molecular formula is C17H27ClN2O3. The van der Waals surface area contributed by atoms with Crippen LogP contribution in [0.2, 0.25) is 0 Å². The van der Waals surface area contributed by atoms with E-state index in [0.29, 0.717) is 45.1 Å². The Bertz CT molecular complexity index is 502. The van der Waals surface area contributed by atoms with Gasteiger partial charge in [0.25, 0.3) is 0 Å². The van der Waals surface area contributed by atoms with Gasteiger partial charge in [0.15, 0.2) is 0 Å². The number of rotatable bonds is 6. The second-order valence-corrected chi connectivity index (χ2v) is 6.28. The van der Waals surface area contributed by atoms with Crippen LogP contribution in [-0.4, -0.2) is 32.3 Å². The molecule has 0 unspecified atom stereocenters. The highest BCUT2D eigenvalue weighted by atomic mass is 35.5. The molecule has 23 heavy (non-hydrogen) atoms. The summed E-state index contributed by atoms with van der Waals surface area (Å²) in [6.45, 7) is 6.36. The first-order valence-electron chi connectivity index (χ1n) is 7.88. The molecule has 1 heterocycles. The van der Waals surface area contributed by atoms with Crippen LogP contribution in [0.25, 0.3) is 0 Å². The van der Waals surface area contributed by atoms with Gasteiger partial charge in [-0.05, 0) is 30.9 Å². The van der Waals surface area contributed by atoms with Crippen molar-refractivity contribution in [2.24, 2.45) is 17.1 Å². The van der Waals surface area contributed by atoms with Crippen LogP contribution in [0.5, 0.6) is 5.75 Å². The third-order valence-corrected chi connectivity index (χ3v) is 4.00. The average molecular weight is 343 g/mol. The van der Waals surface area contributed by atoms with Crippen LogP contribution in [0.4, 0.5) is 5.69 Å². The molecule has 1 aromatic rings. The highest BCUT2D eigenvalue weighted by Gasteiger charge is 2.38. The Morgan fingerprint density at radius 3 is 2.70 bits per heavy atom. The number of carbonyl (C=O) groups is 1. The van der Waals surface area contributed by atoms with E-state index in [9.17, 15) is 4.79 Å². The third kappa shape index (κ3) is 5.37. The predicted octanol–water partition coefficient (Wildman–Crippen LogP) is 2.84. The van der Waals surface area contributed by atoms with E-state index in [1.165, 1.54) is 0 Å². The maximum atomic E-state index is 12.6. The first-order chi connectivity index (χ1) is 10.6. The Morgan fingerprint density at radius 1 is 1.39 bits per heavy atom. The summed E-state index contributed by atoms with van der Waals surface area (Å²) in [6, 6.07) is 7.49. The minimum atomic E-state index is -0.521. The van der Waals surface area contributed by atoms with Crippen LogP contribution >= 0.6 is 12.4 Å². The van der Waals surface area contributed by atoms with Gasteiger partial charge in [0.1, 0.15) is 5.75 Å². The Morgan fingerprint density at radius 2 is 2.09 bits per heavy atom. The van der Waals surface area contributed by atoms with Gasteiger partial charge in [0, 0.05) is 31.5 Å². The van der Waals surface area contributed by atoms with Crippen molar-refractivity contribution in [3.8, 4) is 5.75 Å². The lowest BCUT2D eigenvalue weighted by Crippen LogP contribution is -2.46. The van der Waals surface area contributed by atoms with Gasteiger partial charge in [-0.3, -0.25) is 4.79 Å². The first kappa shape index (κ1) is 19.7. The van der Waals surface area contributed by atoms with E-state index in [4.69, 9.17) is 15.2 Å². The number of halogens is 1. The van der Waals surface area contributed by atoms with E-state index < -0.39 is 5.41 Å². The minimum absolute atomic E-state index is 0. The standard InChI is InChI=1S/C17H26N2O3.ClH/c1-13(2)11-22-15-5-3-4-14(10-15)19-16(20)17(12-18)6-8-21-9-7-17;/h3-5,10,13H,6-9,11-12,18H2,1-2H3,(H,19,20);1H. The quantitative estimate of drug-likeness (QED) is 0.833. The maximum absolute atomic E-state index is 12.6. The van der Waals surface area contributed by atoms with Gasteiger partial charge < -0.3 is 20.5 Å². The van der Waals surface area contributed by atoms with Crippen molar-refractivity contribution in [2.75, 3.05) is 31.7 Å². The number of nitrogens with two attached hydrogens (primary N) is 1. The number of ether oxygens (including phenoxy) is 2. The van der Waals surface area contributed by atoms with Crippen molar-refractivity contribution in [1.29, 1.82) is 0 Å². The van der Waals surface area contributed by atoms with E-state index in [-0.39, 0.29) is 18.3 Å². The number of amides is 1. The highest BCUT2D eigenvalue weighted by molar-refractivity contribution is 5.95. The summed E-state index contributed by atoms with van der Waals surface area (Å²) in [5.41, 5.74) is 6.08. The molecule has 6 heteroatoms. The van der Waals surface area contributed by atoms with E-state index in [0.717, 1.165) is 11.4 Å². The zero-order chi connectivity index (χ0) is 16.0. The first-order valence-corrected chi connectivity index (χ1v) is 7.88. The fourth-order valence-corrected chi connectivity index (χ4v) is 2.48. The Hall–Kier alpha value is -1.30. The monoisotopic (exact) mass is 342 g/mol. The number of nitrogens with one attached hydrogen (secondary N) is 1. The lowest BCUT2D eigenvalue weighted by molar-refractivity contribution is -0.130. The summed E-state index contributed by atoms with van der Waals surface area (Å²) in [4.78, 5) is 12.6. The summed E-state index contributed by atoms with van der Waals surface area (Å²) in [7, 11) is 0. The molecule has 1 amide bonds. The summed E-state index contributed by atoms with van der Waals surface area (Å²) in [5.74, 6) is 1.19. The minimum Gasteiger partial charge on any atom is -0.493 e. The van der Waals surface area contributed by atoms with Gasteiger partial charge in [-0.2, -0.15) is 0 Å². The van der Waals surface area contributed by atoms with Crippen molar-refractivity contribution in [3.05, 3.63) is 24.3 Å². The van der Waals surface area contributed by atoms with Crippen molar-refractivity contribution in [2.45, 2.75) is 26.7 Å². The molecule has 0 saturated carbocycles. The SMILES string of the molecule is CC(C)COc1cccc(NC(=O)C2(CN)CCOCC2)c1.Cl. The lowest BCUT2D eigenvalue weighted by atomic mass is 9.79. The number of benzene rings is 1. The van der Waals surface area contributed by atoms with Crippen molar-refractivity contribution >= 4 is 24.0 Å². The second kappa shape index (κ2) is 9.11.